The number of benzene rings is 1. The molecule has 1 N–H and O–H groups in total. The highest BCUT2D eigenvalue weighted by Gasteiger charge is 2.32. The highest BCUT2D eigenvalue weighted by atomic mass is 32.2. The predicted molar refractivity (Wildman–Crippen MR) is 130 cm³/mol. The fraction of sp³-hybridized carbons (Fsp3) is 0.500. The number of nitrogens with zero attached hydrogens (tertiary/aromatic N) is 5. The molecule has 0 saturated carbocycles. The van der Waals surface area contributed by atoms with Crippen molar-refractivity contribution >= 4 is 17.9 Å². The molecule has 1 fully saturated rings. The quantitative estimate of drug-likeness (QED) is 0.486. The Balaban J connectivity index is 1.28. The summed E-state index contributed by atoms with van der Waals surface area (Å²) in [5.41, 5.74) is 4.23. The molecule has 2 aromatic heterocycles. The van der Waals surface area contributed by atoms with Gasteiger partial charge in [0.2, 0.25) is 5.89 Å². The van der Waals surface area contributed by atoms with Crippen molar-refractivity contribution in [1.82, 2.24) is 25.0 Å². The zero-order valence-electron chi connectivity index (χ0n) is 20.1. The summed E-state index contributed by atoms with van der Waals surface area (Å²) >= 11 is 1.52. The highest BCUT2D eigenvalue weighted by molar-refractivity contribution is 7.98. The van der Waals surface area contributed by atoms with Crippen LogP contribution in [0.5, 0.6) is 0 Å². The van der Waals surface area contributed by atoms with Crippen molar-refractivity contribution in [2.24, 2.45) is 0 Å². The normalized spacial score (nSPS) is 18.6. The summed E-state index contributed by atoms with van der Waals surface area (Å²) in [6.07, 6.45) is 5.00. The van der Waals surface area contributed by atoms with Crippen LogP contribution < -0.4 is 5.43 Å². The first-order valence-electron chi connectivity index (χ1n) is 11.5. The van der Waals surface area contributed by atoms with Gasteiger partial charge in [-0.3, -0.25) is 5.43 Å². The fourth-order valence-corrected chi connectivity index (χ4v) is 4.42. The molecule has 3 heterocycles. The molecule has 1 aromatic carbocycles. The summed E-state index contributed by atoms with van der Waals surface area (Å²) in [4.78, 5) is 20.3. The summed E-state index contributed by atoms with van der Waals surface area (Å²) in [6.45, 7) is 9.25. The standard InChI is InChI=1S/C24H32N6O3S/c1-17-19(11-8-12-29(17)23(31)32-15-18-9-6-5-7-10-18)27-30-26-14-22(28-30)34-16-21-25-13-20(33-21)24(2,3)4/h5-7,9-10,13-14,17,19,27H,8,11-12,15-16H2,1-4H3/t17-,19-/m1/s1. The maximum Gasteiger partial charge on any atom is 0.410 e. The SMILES string of the molecule is C[C@@H]1[C@H](Nn2ncc(SCc3ncc(C(C)(C)C)o3)n2)CCCN1C(=O)OCc1ccccc1. The molecule has 0 radical (unpaired) electrons. The van der Waals surface area contributed by atoms with E-state index in [0.717, 1.165) is 29.2 Å². The zero-order chi connectivity index (χ0) is 24.1. The summed E-state index contributed by atoms with van der Waals surface area (Å²) in [7, 11) is 0. The lowest BCUT2D eigenvalue weighted by atomic mass is 9.94. The van der Waals surface area contributed by atoms with Gasteiger partial charge in [0.25, 0.3) is 0 Å². The van der Waals surface area contributed by atoms with Gasteiger partial charge in [-0.1, -0.05) is 67.8 Å². The van der Waals surface area contributed by atoms with E-state index in [4.69, 9.17) is 9.15 Å². The van der Waals surface area contributed by atoms with Crippen LogP contribution >= 0.6 is 11.8 Å². The topological polar surface area (TPSA) is 98.3 Å². The van der Waals surface area contributed by atoms with Gasteiger partial charge in [-0.2, -0.15) is 0 Å². The smallest absolute Gasteiger partial charge is 0.410 e. The van der Waals surface area contributed by atoms with E-state index in [1.165, 1.54) is 16.7 Å². The number of hydrogen-bond acceptors (Lipinski definition) is 8. The van der Waals surface area contributed by atoms with Crippen LogP contribution in [0.1, 0.15) is 57.8 Å². The molecule has 0 spiro atoms. The number of likely N-dealkylation sites (tertiary alicyclic amines) is 1. The first kappa shape index (κ1) is 24.1. The van der Waals surface area contributed by atoms with Crippen molar-refractivity contribution in [3.8, 4) is 0 Å². The van der Waals surface area contributed by atoms with Crippen LogP contribution in [-0.2, 0) is 22.5 Å². The maximum atomic E-state index is 12.7. The molecule has 1 amide bonds. The van der Waals surface area contributed by atoms with Crippen LogP contribution in [0.4, 0.5) is 4.79 Å². The van der Waals surface area contributed by atoms with Crippen LogP contribution in [0.2, 0.25) is 0 Å². The maximum absolute atomic E-state index is 12.7. The molecule has 3 aromatic rings. The molecule has 10 heteroatoms. The second kappa shape index (κ2) is 10.5. The van der Waals surface area contributed by atoms with Crippen LogP contribution in [0, 0.1) is 0 Å². The Labute approximate surface area is 204 Å². The number of oxazole rings is 1. The predicted octanol–water partition coefficient (Wildman–Crippen LogP) is 4.59. The van der Waals surface area contributed by atoms with Gasteiger partial charge in [0, 0.05) is 12.0 Å². The molecule has 0 bridgehead atoms. The number of ether oxygens (including phenoxy) is 1. The molecule has 4 rings (SSSR count). The minimum atomic E-state index is -0.298. The van der Waals surface area contributed by atoms with Gasteiger partial charge >= 0.3 is 6.09 Å². The number of rotatable bonds is 7. The fourth-order valence-electron chi connectivity index (χ4n) is 3.76. The van der Waals surface area contributed by atoms with E-state index in [-0.39, 0.29) is 30.2 Å². The van der Waals surface area contributed by atoms with Crippen molar-refractivity contribution in [3.63, 3.8) is 0 Å². The Morgan fingerprint density at radius 3 is 2.79 bits per heavy atom. The Morgan fingerprint density at radius 1 is 1.26 bits per heavy atom. The number of amides is 1. The minimum absolute atomic E-state index is 0.0179. The lowest BCUT2D eigenvalue weighted by molar-refractivity contribution is 0.0669. The summed E-state index contributed by atoms with van der Waals surface area (Å²) in [5, 5.41) is 9.61. The Morgan fingerprint density at radius 2 is 2.06 bits per heavy atom. The average molecular weight is 485 g/mol. The summed E-state index contributed by atoms with van der Waals surface area (Å²) in [5.74, 6) is 2.12. The number of piperidine rings is 1. The second-order valence-corrected chi connectivity index (χ2v) is 10.5. The molecular weight excluding hydrogens is 452 g/mol. The van der Waals surface area contributed by atoms with E-state index >= 15 is 0 Å². The van der Waals surface area contributed by atoms with E-state index in [2.05, 4.69) is 41.4 Å². The molecule has 2 atom stereocenters. The van der Waals surface area contributed by atoms with Gasteiger partial charge in [-0.15, -0.1) is 10.2 Å². The van der Waals surface area contributed by atoms with E-state index < -0.39 is 0 Å². The highest BCUT2D eigenvalue weighted by Crippen LogP contribution is 2.26. The number of carbonyl (C=O) groups is 1. The minimum Gasteiger partial charge on any atom is -0.445 e. The third-order valence-corrected chi connectivity index (χ3v) is 6.69. The van der Waals surface area contributed by atoms with Gasteiger partial charge in [0.1, 0.15) is 17.4 Å². The Bertz CT molecular complexity index is 1080. The van der Waals surface area contributed by atoms with Gasteiger partial charge < -0.3 is 14.1 Å². The van der Waals surface area contributed by atoms with Gasteiger partial charge in [0.05, 0.1) is 30.2 Å². The molecule has 182 valence electrons. The number of carbonyl (C=O) groups excluding carboxylic acids is 1. The van der Waals surface area contributed by atoms with E-state index in [9.17, 15) is 4.79 Å². The second-order valence-electron chi connectivity index (χ2n) is 9.48. The largest absolute Gasteiger partial charge is 0.445 e. The number of aromatic nitrogens is 4. The monoisotopic (exact) mass is 484 g/mol. The Kier molecular flexibility index (Phi) is 7.45. The van der Waals surface area contributed by atoms with Gasteiger partial charge in [0.15, 0.2) is 0 Å². The number of thioether (sulfide) groups is 1. The van der Waals surface area contributed by atoms with E-state index in [1.54, 1.807) is 17.3 Å². The molecule has 9 nitrogen and oxygen atoms in total. The molecule has 1 aliphatic heterocycles. The van der Waals surface area contributed by atoms with Crippen molar-refractivity contribution in [2.75, 3.05) is 12.0 Å². The van der Waals surface area contributed by atoms with E-state index in [1.807, 2.05) is 37.3 Å². The number of nitrogens with one attached hydrogen (secondary N) is 1. The van der Waals surface area contributed by atoms with Crippen LogP contribution in [0.15, 0.2) is 52.2 Å². The van der Waals surface area contributed by atoms with Crippen LogP contribution in [0.3, 0.4) is 0 Å². The van der Waals surface area contributed by atoms with Crippen molar-refractivity contribution in [1.29, 1.82) is 0 Å². The van der Waals surface area contributed by atoms with Crippen molar-refractivity contribution in [2.45, 2.75) is 75.4 Å². The molecular formula is C24H32N6O3S. The zero-order valence-corrected chi connectivity index (χ0v) is 20.9. The first-order valence-corrected chi connectivity index (χ1v) is 12.5. The summed E-state index contributed by atoms with van der Waals surface area (Å²) < 4.78 is 11.4. The third-order valence-electron chi connectivity index (χ3n) is 5.82. The molecule has 1 aliphatic rings. The third kappa shape index (κ3) is 6.11. The van der Waals surface area contributed by atoms with Crippen molar-refractivity contribution in [3.05, 3.63) is 59.9 Å². The van der Waals surface area contributed by atoms with Crippen LogP contribution in [-0.4, -0.2) is 49.7 Å². The van der Waals surface area contributed by atoms with E-state index in [0.29, 0.717) is 18.2 Å². The first-order chi connectivity index (χ1) is 16.3. The lowest BCUT2D eigenvalue weighted by Crippen LogP contribution is -2.54. The number of hydrogen-bond donors (Lipinski definition) is 1. The lowest BCUT2D eigenvalue weighted by Gasteiger charge is -2.38. The molecule has 0 aliphatic carbocycles. The molecule has 34 heavy (non-hydrogen) atoms. The van der Waals surface area contributed by atoms with Gasteiger partial charge in [-0.25, -0.2) is 9.78 Å². The van der Waals surface area contributed by atoms with Gasteiger partial charge in [-0.05, 0) is 25.3 Å². The Hall–Kier alpha value is -3.01. The molecule has 1 saturated heterocycles. The average Bonchev–Trinajstić information content (AvgIpc) is 3.48. The van der Waals surface area contributed by atoms with Crippen LogP contribution in [0.25, 0.3) is 0 Å². The van der Waals surface area contributed by atoms with Crippen molar-refractivity contribution < 1.29 is 13.9 Å². The molecule has 0 unspecified atom stereocenters. The summed E-state index contributed by atoms with van der Waals surface area (Å²) in [6, 6.07) is 9.67.